The number of hydrogen-bond donors (Lipinski definition) is 1. The highest BCUT2D eigenvalue weighted by Gasteiger charge is 2.25. The summed E-state index contributed by atoms with van der Waals surface area (Å²) in [7, 11) is 0. The fourth-order valence-electron chi connectivity index (χ4n) is 1.65. The Kier molecular flexibility index (Phi) is 4.36. The molecule has 0 aliphatic carbocycles. The number of hydrogen-bond acceptors (Lipinski definition) is 3. The van der Waals surface area contributed by atoms with Crippen LogP contribution in [0.2, 0.25) is 0 Å². The molecule has 0 fully saturated rings. The van der Waals surface area contributed by atoms with Crippen LogP contribution in [-0.4, -0.2) is 23.2 Å². The Morgan fingerprint density at radius 2 is 2.11 bits per heavy atom. The van der Waals surface area contributed by atoms with Crippen molar-refractivity contribution in [1.29, 1.82) is 5.26 Å². The molecule has 0 aromatic heterocycles. The third-order valence-corrected chi connectivity index (χ3v) is 2.97. The smallest absolute Gasteiger partial charge is 0.323 e. The van der Waals surface area contributed by atoms with E-state index in [9.17, 15) is 4.79 Å². The summed E-state index contributed by atoms with van der Waals surface area (Å²) in [5.41, 5.74) is 0.716. The molecule has 0 saturated carbocycles. The fraction of sp³-hybridized carbons (Fsp3) is 0.385. The number of nitriles is 1. The third-order valence-electron chi connectivity index (χ3n) is 2.47. The highest BCUT2D eigenvalue weighted by atomic mass is 79.9. The number of anilines is 1. The van der Waals surface area contributed by atoms with Gasteiger partial charge in [0.1, 0.15) is 12.6 Å². The summed E-state index contributed by atoms with van der Waals surface area (Å²) < 4.78 is 0.798. The molecule has 0 heterocycles. The molecule has 0 unspecified atom stereocenters. The Labute approximate surface area is 115 Å². The first-order valence-electron chi connectivity index (χ1n) is 5.45. The minimum absolute atomic E-state index is 0.139. The Morgan fingerprint density at radius 3 is 2.56 bits per heavy atom. The maximum absolute atomic E-state index is 11.0. The van der Waals surface area contributed by atoms with Gasteiger partial charge in [-0.2, -0.15) is 5.26 Å². The van der Waals surface area contributed by atoms with Gasteiger partial charge >= 0.3 is 5.97 Å². The minimum Gasteiger partial charge on any atom is -0.480 e. The van der Waals surface area contributed by atoms with E-state index in [-0.39, 0.29) is 12.1 Å². The Bertz CT molecular complexity index is 501. The first kappa shape index (κ1) is 14.5. The first-order chi connectivity index (χ1) is 8.25. The average Bonchev–Trinajstić information content (AvgIpc) is 2.24. The number of benzene rings is 1. The predicted molar refractivity (Wildman–Crippen MR) is 73.6 cm³/mol. The molecule has 18 heavy (non-hydrogen) atoms. The summed E-state index contributed by atoms with van der Waals surface area (Å²) in [5, 5.41) is 18.1. The zero-order valence-corrected chi connectivity index (χ0v) is 12.2. The van der Waals surface area contributed by atoms with Gasteiger partial charge in [-0.05, 0) is 39.0 Å². The van der Waals surface area contributed by atoms with Crippen molar-refractivity contribution >= 4 is 27.6 Å². The van der Waals surface area contributed by atoms with E-state index in [0.717, 1.165) is 4.47 Å². The van der Waals surface area contributed by atoms with Crippen LogP contribution in [0.5, 0.6) is 0 Å². The lowest BCUT2D eigenvalue weighted by atomic mass is 10.0. The van der Waals surface area contributed by atoms with Crippen molar-refractivity contribution in [2.24, 2.45) is 0 Å². The molecule has 0 aliphatic rings. The standard InChI is InChI=1S/C13H15BrN2O2/c1-13(2,3)16(8-12(17)18)11-5-4-10(14)6-9(11)7-15/h4-6H,8H2,1-3H3,(H,17,18). The van der Waals surface area contributed by atoms with E-state index in [0.29, 0.717) is 11.3 Å². The normalized spacial score (nSPS) is 10.8. The molecule has 1 rings (SSSR count). The van der Waals surface area contributed by atoms with Crippen molar-refractivity contribution in [3.63, 3.8) is 0 Å². The van der Waals surface area contributed by atoms with Crippen molar-refractivity contribution in [3.05, 3.63) is 28.2 Å². The van der Waals surface area contributed by atoms with E-state index in [1.165, 1.54) is 0 Å². The molecule has 1 aromatic rings. The van der Waals surface area contributed by atoms with Gasteiger partial charge in [0.25, 0.3) is 0 Å². The van der Waals surface area contributed by atoms with Crippen molar-refractivity contribution in [3.8, 4) is 6.07 Å². The lowest BCUT2D eigenvalue weighted by molar-refractivity contribution is -0.135. The van der Waals surface area contributed by atoms with E-state index in [1.807, 2.05) is 20.8 Å². The van der Waals surface area contributed by atoms with Crippen LogP contribution in [0.1, 0.15) is 26.3 Å². The fourth-order valence-corrected chi connectivity index (χ4v) is 2.01. The van der Waals surface area contributed by atoms with Crippen molar-refractivity contribution in [2.45, 2.75) is 26.3 Å². The quantitative estimate of drug-likeness (QED) is 0.932. The largest absolute Gasteiger partial charge is 0.480 e. The topological polar surface area (TPSA) is 64.3 Å². The third kappa shape index (κ3) is 3.47. The van der Waals surface area contributed by atoms with E-state index in [1.54, 1.807) is 23.1 Å². The molecule has 0 radical (unpaired) electrons. The van der Waals surface area contributed by atoms with Gasteiger partial charge in [-0.1, -0.05) is 15.9 Å². The number of nitrogens with zero attached hydrogens (tertiary/aromatic N) is 2. The van der Waals surface area contributed by atoms with Gasteiger partial charge in [0.2, 0.25) is 0 Å². The molecular formula is C13H15BrN2O2. The summed E-state index contributed by atoms with van der Waals surface area (Å²) in [6.07, 6.45) is 0. The molecule has 0 bridgehead atoms. The number of aliphatic carboxylic acids is 1. The van der Waals surface area contributed by atoms with Crippen LogP contribution in [0.25, 0.3) is 0 Å². The molecule has 0 aliphatic heterocycles. The second-order valence-corrected chi connectivity index (χ2v) is 5.84. The Hall–Kier alpha value is -1.54. The van der Waals surface area contributed by atoms with Gasteiger partial charge in [0, 0.05) is 10.0 Å². The molecule has 0 spiro atoms. The van der Waals surface area contributed by atoms with Gasteiger partial charge in [0.05, 0.1) is 11.3 Å². The summed E-state index contributed by atoms with van der Waals surface area (Å²) in [6, 6.07) is 7.35. The Morgan fingerprint density at radius 1 is 1.50 bits per heavy atom. The van der Waals surface area contributed by atoms with E-state index in [4.69, 9.17) is 10.4 Å². The average molecular weight is 311 g/mol. The van der Waals surface area contributed by atoms with Gasteiger partial charge in [-0.25, -0.2) is 0 Å². The van der Waals surface area contributed by atoms with Crippen molar-refractivity contribution < 1.29 is 9.90 Å². The minimum atomic E-state index is -0.920. The predicted octanol–water partition coefficient (Wildman–Crippen LogP) is 3.01. The van der Waals surface area contributed by atoms with Gasteiger partial charge < -0.3 is 10.0 Å². The molecule has 1 N–H and O–H groups in total. The molecular weight excluding hydrogens is 296 g/mol. The van der Waals surface area contributed by atoms with Crippen LogP contribution < -0.4 is 4.90 Å². The molecule has 1 aromatic carbocycles. The number of carboxylic acids is 1. The SMILES string of the molecule is CC(C)(C)N(CC(=O)O)c1ccc(Br)cc1C#N. The molecule has 0 saturated heterocycles. The van der Waals surface area contributed by atoms with Gasteiger partial charge in [0.15, 0.2) is 0 Å². The Balaban J connectivity index is 3.30. The number of rotatable bonds is 3. The lowest BCUT2D eigenvalue weighted by Gasteiger charge is -2.37. The number of carboxylic acid groups (broad SMARTS) is 1. The van der Waals surface area contributed by atoms with E-state index >= 15 is 0 Å². The number of carbonyl (C=O) groups is 1. The van der Waals surface area contributed by atoms with Crippen molar-refractivity contribution in [2.75, 3.05) is 11.4 Å². The monoisotopic (exact) mass is 310 g/mol. The summed E-state index contributed by atoms with van der Waals surface area (Å²) >= 11 is 3.30. The van der Waals surface area contributed by atoms with E-state index in [2.05, 4.69) is 22.0 Å². The lowest BCUT2D eigenvalue weighted by Crippen LogP contribution is -2.45. The second kappa shape index (κ2) is 5.40. The highest BCUT2D eigenvalue weighted by molar-refractivity contribution is 9.10. The maximum Gasteiger partial charge on any atom is 0.323 e. The molecule has 0 amide bonds. The number of halogens is 1. The zero-order chi connectivity index (χ0) is 13.9. The van der Waals surface area contributed by atoms with Crippen LogP contribution in [0.4, 0.5) is 5.69 Å². The van der Waals surface area contributed by atoms with Crippen LogP contribution in [0.15, 0.2) is 22.7 Å². The van der Waals surface area contributed by atoms with Crippen LogP contribution >= 0.6 is 15.9 Å². The second-order valence-electron chi connectivity index (χ2n) is 4.92. The zero-order valence-electron chi connectivity index (χ0n) is 10.6. The molecule has 0 atom stereocenters. The highest BCUT2D eigenvalue weighted by Crippen LogP contribution is 2.29. The molecule has 4 nitrogen and oxygen atoms in total. The van der Waals surface area contributed by atoms with Gasteiger partial charge in [-0.15, -0.1) is 0 Å². The first-order valence-corrected chi connectivity index (χ1v) is 6.24. The van der Waals surface area contributed by atoms with Crippen LogP contribution in [0, 0.1) is 11.3 Å². The van der Waals surface area contributed by atoms with E-state index < -0.39 is 5.97 Å². The summed E-state index contributed by atoms with van der Waals surface area (Å²) in [5.74, 6) is -0.920. The van der Waals surface area contributed by atoms with Crippen LogP contribution in [0.3, 0.4) is 0 Å². The maximum atomic E-state index is 11.0. The summed E-state index contributed by atoms with van der Waals surface area (Å²) in [6.45, 7) is 5.61. The summed E-state index contributed by atoms with van der Waals surface area (Å²) in [4.78, 5) is 12.7. The molecule has 5 heteroatoms. The van der Waals surface area contributed by atoms with Crippen LogP contribution in [-0.2, 0) is 4.79 Å². The van der Waals surface area contributed by atoms with Crippen molar-refractivity contribution in [1.82, 2.24) is 0 Å². The molecule has 96 valence electrons. The van der Waals surface area contributed by atoms with Gasteiger partial charge in [-0.3, -0.25) is 4.79 Å².